The molecule has 0 spiro atoms. The van der Waals surface area contributed by atoms with Crippen molar-refractivity contribution >= 4 is 28.5 Å². The molecule has 0 saturated carbocycles. The first-order valence-corrected chi connectivity index (χ1v) is 10.1. The summed E-state index contributed by atoms with van der Waals surface area (Å²) in [5.74, 6) is 0.144. The quantitative estimate of drug-likeness (QED) is 0.767. The van der Waals surface area contributed by atoms with Gasteiger partial charge in [0.25, 0.3) is 0 Å². The molecule has 1 fully saturated rings. The van der Waals surface area contributed by atoms with E-state index in [4.69, 9.17) is 0 Å². The SMILES string of the molecule is CC(=O)c1cc(CN2CCN(Cc3cccs3)C(CCO)C2)cs1. The van der Waals surface area contributed by atoms with Crippen molar-refractivity contribution < 1.29 is 9.90 Å². The Morgan fingerprint density at radius 2 is 2.21 bits per heavy atom. The van der Waals surface area contributed by atoms with E-state index in [1.165, 1.54) is 21.8 Å². The average Bonchev–Trinajstić information content (AvgIpc) is 3.22. The molecular formula is C18H24N2O2S2. The fourth-order valence-corrected chi connectivity index (χ4v) is 4.77. The second kappa shape index (κ2) is 8.36. The minimum atomic E-state index is 0.144. The van der Waals surface area contributed by atoms with Gasteiger partial charge in [-0.3, -0.25) is 14.6 Å². The average molecular weight is 365 g/mol. The van der Waals surface area contributed by atoms with Crippen LogP contribution in [-0.4, -0.2) is 53.0 Å². The number of piperazine rings is 1. The number of hydrogen-bond donors (Lipinski definition) is 1. The van der Waals surface area contributed by atoms with Crippen molar-refractivity contribution in [3.63, 3.8) is 0 Å². The van der Waals surface area contributed by atoms with Crippen LogP contribution >= 0.6 is 22.7 Å². The zero-order valence-electron chi connectivity index (χ0n) is 14.0. The van der Waals surface area contributed by atoms with Crippen LogP contribution in [0.4, 0.5) is 0 Å². The summed E-state index contributed by atoms with van der Waals surface area (Å²) in [5.41, 5.74) is 1.22. The number of aliphatic hydroxyl groups is 1. The van der Waals surface area contributed by atoms with Crippen molar-refractivity contribution in [3.05, 3.63) is 44.3 Å². The zero-order chi connectivity index (χ0) is 16.9. The Bertz CT molecular complexity index is 654. The summed E-state index contributed by atoms with van der Waals surface area (Å²) < 4.78 is 0. The number of aliphatic hydroxyl groups excluding tert-OH is 1. The fourth-order valence-electron chi connectivity index (χ4n) is 3.24. The minimum absolute atomic E-state index is 0.144. The molecule has 1 saturated heterocycles. The highest BCUT2D eigenvalue weighted by atomic mass is 32.1. The summed E-state index contributed by atoms with van der Waals surface area (Å²) in [6.45, 7) is 6.73. The van der Waals surface area contributed by atoms with Crippen molar-refractivity contribution in [2.24, 2.45) is 0 Å². The van der Waals surface area contributed by atoms with E-state index in [-0.39, 0.29) is 12.4 Å². The molecule has 6 heteroatoms. The van der Waals surface area contributed by atoms with Gasteiger partial charge in [0.05, 0.1) is 4.88 Å². The third-order valence-electron chi connectivity index (χ3n) is 4.50. The fraction of sp³-hybridized carbons (Fsp3) is 0.500. The lowest BCUT2D eigenvalue weighted by atomic mass is 10.1. The van der Waals surface area contributed by atoms with Crippen molar-refractivity contribution in [2.45, 2.75) is 32.5 Å². The first-order chi connectivity index (χ1) is 11.7. The molecule has 3 rings (SSSR count). The Labute approximate surface area is 151 Å². The number of nitrogens with zero attached hydrogens (tertiary/aromatic N) is 2. The third kappa shape index (κ3) is 4.52. The molecule has 0 bridgehead atoms. The lowest BCUT2D eigenvalue weighted by molar-refractivity contribution is 0.0507. The number of carbonyl (C=O) groups excluding carboxylic acids is 1. The van der Waals surface area contributed by atoms with Gasteiger partial charge in [0.15, 0.2) is 5.78 Å². The molecule has 0 aliphatic carbocycles. The number of ketones is 1. The molecule has 1 unspecified atom stereocenters. The van der Waals surface area contributed by atoms with Crippen LogP contribution in [0.3, 0.4) is 0 Å². The van der Waals surface area contributed by atoms with Crippen molar-refractivity contribution in [1.82, 2.24) is 9.80 Å². The second-order valence-electron chi connectivity index (χ2n) is 6.33. The highest BCUT2D eigenvalue weighted by Gasteiger charge is 2.27. The molecular weight excluding hydrogens is 340 g/mol. The van der Waals surface area contributed by atoms with Crippen LogP contribution in [0.2, 0.25) is 0 Å². The Morgan fingerprint density at radius 1 is 1.33 bits per heavy atom. The van der Waals surface area contributed by atoms with E-state index < -0.39 is 0 Å². The van der Waals surface area contributed by atoms with Gasteiger partial charge < -0.3 is 5.11 Å². The molecule has 0 radical (unpaired) electrons. The lowest BCUT2D eigenvalue weighted by Crippen LogP contribution is -2.52. The van der Waals surface area contributed by atoms with Crippen molar-refractivity contribution in [2.75, 3.05) is 26.2 Å². The van der Waals surface area contributed by atoms with E-state index in [2.05, 4.69) is 32.7 Å². The molecule has 0 amide bonds. The Kier molecular flexibility index (Phi) is 6.19. The summed E-state index contributed by atoms with van der Waals surface area (Å²) in [7, 11) is 0. The zero-order valence-corrected chi connectivity index (χ0v) is 15.6. The van der Waals surface area contributed by atoms with Gasteiger partial charge in [-0.15, -0.1) is 22.7 Å². The maximum absolute atomic E-state index is 11.4. The standard InChI is InChI=1S/C18H24N2O2S2/c1-14(22)18-9-15(13-24-18)10-19-5-6-20(16(11-19)4-7-21)12-17-3-2-8-23-17/h2-3,8-9,13,16,21H,4-7,10-12H2,1H3. The van der Waals surface area contributed by atoms with E-state index >= 15 is 0 Å². The Hall–Kier alpha value is -1.05. The van der Waals surface area contributed by atoms with Crippen LogP contribution in [0.15, 0.2) is 29.0 Å². The van der Waals surface area contributed by atoms with Gasteiger partial charge in [-0.25, -0.2) is 0 Å². The minimum Gasteiger partial charge on any atom is -0.396 e. The first kappa shape index (κ1) is 17.8. The van der Waals surface area contributed by atoms with E-state index in [1.54, 1.807) is 18.3 Å². The van der Waals surface area contributed by atoms with Gasteiger partial charge >= 0.3 is 0 Å². The number of hydrogen-bond acceptors (Lipinski definition) is 6. The van der Waals surface area contributed by atoms with Crippen LogP contribution in [0.5, 0.6) is 0 Å². The molecule has 2 aromatic rings. The number of rotatable bonds is 7. The van der Waals surface area contributed by atoms with Crippen molar-refractivity contribution in [1.29, 1.82) is 0 Å². The third-order valence-corrected chi connectivity index (χ3v) is 6.44. The first-order valence-electron chi connectivity index (χ1n) is 8.33. The van der Waals surface area contributed by atoms with Gasteiger partial charge in [-0.05, 0) is 41.8 Å². The Balaban J connectivity index is 1.60. The number of thiophene rings is 2. The summed E-state index contributed by atoms with van der Waals surface area (Å²) in [5, 5.41) is 13.6. The van der Waals surface area contributed by atoms with Gasteiger partial charge in [-0.2, -0.15) is 0 Å². The second-order valence-corrected chi connectivity index (χ2v) is 8.27. The van der Waals surface area contributed by atoms with Crippen LogP contribution in [-0.2, 0) is 13.1 Å². The number of Topliss-reactive ketones (excluding diaryl/α,β-unsaturated/α-hetero) is 1. The molecule has 1 aliphatic heterocycles. The van der Waals surface area contributed by atoms with Gasteiger partial charge in [0.1, 0.15) is 0 Å². The van der Waals surface area contributed by atoms with E-state index in [0.29, 0.717) is 6.04 Å². The predicted molar refractivity (Wildman–Crippen MR) is 99.8 cm³/mol. The summed E-state index contributed by atoms with van der Waals surface area (Å²) >= 11 is 3.33. The predicted octanol–water partition coefficient (Wildman–Crippen LogP) is 3.08. The Morgan fingerprint density at radius 3 is 2.88 bits per heavy atom. The van der Waals surface area contributed by atoms with Gasteiger partial charge in [-0.1, -0.05) is 6.07 Å². The van der Waals surface area contributed by atoms with E-state index in [0.717, 1.165) is 44.0 Å². The summed E-state index contributed by atoms with van der Waals surface area (Å²) in [6.07, 6.45) is 0.810. The molecule has 1 N–H and O–H groups in total. The van der Waals surface area contributed by atoms with E-state index in [1.807, 2.05) is 6.07 Å². The molecule has 3 heterocycles. The van der Waals surface area contributed by atoms with Crippen LogP contribution in [0.1, 0.15) is 33.5 Å². The molecule has 0 aromatic carbocycles. The lowest BCUT2D eigenvalue weighted by Gasteiger charge is -2.41. The smallest absolute Gasteiger partial charge is 0.169 e. The van der Waals surface area contributed by atoms with Crippen LogP contribution in [0, 0.1) is 0 Å². The molecule has 4 nitrogen and oxygen atoms in total. The maximum Gasteiger partial charge on any atom is 0.169 e. The van der Waals surface area contributed by atoms with Gasteiger partial charge in [0, 0.05) is 50.2 Å². The largest absolute Gasteiger partial charge is 0.396 e. The molecule has 130 valence electrons. The monoisotopic (exact) mass is 364 g/mol. The van der Waals surface area contributed by atoms with Gasteiger partial charge in [0.2, 0.25) is 0 Å². The van der Waals surface area contributed by atoms with Crippen molar-refractivity contribution in [3.8, 4) is 0 Å². The van der Waals surface area contributed by atoms with E-state index in [9.17, 15) is 9.90 Å². The highest BCUT2D eigenvalue weighted by Crippen LogP contribution is 2.22. The summed E-state index contributed by atoms with van der Waals surface area (Å²) in [6, 6.07) is 6.69. The highest BCUT2D eigenvalue weighted by molar-refractivity contribution is 7.12. The van der Waals surface area contributed by atoms with Crippen LogP contribution < -0.4 is 0 Å². The molecule has 24 heavy (non-hydrogen) atoms. The molecule has 2 aromatic heterocycles. The van der Waals surface area contributed by atoms with Crippen LogP contribution in [0.25, 0.3) is 0 Å². The topological polar surface area (TPSA) is 43.8 Å². The molecule has 1 aliphatic rings. The maximum atomic E-state index is 11.4. The normalized spacial score (nSPS) is 19.7. The summed E-state index contributed by atoms with van der Waals surface area (Å²) in [4.78, 5) is 18.6. The number of carbonyl (C=O) groups is 1. The molecule has 1 atom stereocenters.